The van der Waals surface area contributed by atoms with E-state index in [-0.39, 0.29) is 21.7 Å². The van der Waals surface area contributed by atoms with Crippen molar-refractivity contribution in [3.63, 3.8) is 0 Å². The molecular weight excluding hydrogens is 293 g/mol. The van der Waals surface area contributed by atoms with Crippen LogP contribution in [0, 0.1) is 0 Å². The third kappa shape index (κ3) is 2.93. The Bertz CT molecular complexity index is 666. The van der Waals surface area contributed by atoms with Gasteiger partial charge in [0.1, 0.15) is 0 Å². The Morgan fingerprint density at radius 2 is 1.80 bits per heavy atom. The van der Waals surface area contributed by atoms with E-state index in [9.17, 15) is 18.0 Å². The van der Waals surface area contributed by atoms with E-state index >= 15 is 0 Å². The lowest BCUT2D eigenvalue weighted by Gasteiger charge is -2.11. The minimum atomic E-state index is -4.48. The van der Waals surface area contributed by atoms with E-state index in [1.807, 2.05) is 0 Å². The van der Waals surface area contributed by atoms with Gasteiger partial charge in [-0.25, -0.2) is 4.79 Å². The van der Waals surface area contributed by atoms with E-state index in [0.29, 0.717) is 0 Å². The first-order valence-corrected chi connectivity index (χ1v) is 5.87. The fourth-order valence-electron chi connectivity index (χ4n) is 1.81. The Kier molecular flexibility index (Phi) is 3.72. The number of carboxylic acid groups (broad SMARTS) is 1. The van der Waals surface area contributed by atoms with Gasteiger partial charge >= 0.3 is 12.1 Å². The lowest BCUT2D eigenvalue weighted by Crippen LogP contribution is -2.05. The lowest BCUT2D eigenvalue weighted by atomic mass is 9.98. The minimum Gasteiger partial charge on any atom is -0.478 e. The molecule has 2 rings (SSSR count). The molecule has 0 unspecified atom stereocenters. The van der Waals surface area contributed by atoms with Crippen molar-refractivity contribution in [2.45, 2.75) is 6.18 Å². The standard InChI is InChI=1S/C14H8ClF3O2/c15-10-4-5-11(12(7-10)13(19)20)8-2-1-3-9(6-8)14(16,17)18/h1-7H,(H,19,20). The molecule has 2 aromatic carbocycles. The first-order valence-electron chi connectivity index (χ1n) is 5.49. The van der Waals surface area contributed by atoms with Crippen molar-refractivity contribution < 1.29 is 23.1 Å². The van der Waals surface area contributed by atoms with Crippen LogP contribution >= 0.6 is 11.6 Å². The summed E-state index contributed by atoms with van der Waals surface area (Å²) in [6, 6.07) is 8.53. The molecule has 6 heteroatoms. The topological polar surface area (TPSA) is 37.3 Å². The van der Waals surface area contributed by atoms with Crippen LogP contribution in [0.15, 0.2) is 42.5 Å². The highest BCUT2D eigenvalue weighted by Gasteiger charge is 2.30. The molecule has 0 heterocycles. The van der Waals surface area contributed by atoms with Gasteiger partial charge in [0.15, 0.2) is 0 Å². The number of rotatable bonds is 2. The summed E-state index contributed by atoms with van der Waals surface area (Å²) in [5, 5.41) is 9.31. The quantitative estimate of drug-likeness (QED) is 0.871. The van der Waals surface area contributed by atoms with Crippen molar-refractivity contribution in [3.05, 3.63) is 58.6 Å². The average Bonchev–Trinajstić information content (AvgIpc) is 2.37. The largest absolute Gasteiger partial charge is 0.478 e. The average molecular weight is 301 g/mol. The first-order chi connectivity index (χ1) is 9.29. The van der Waals surface area contributed by atoms with Gasteiger partial charge in [-0.2, -0.15) is 13.2 Å². The van der Waals surface area contributed by atoms with Crippen LogP contribution in [0.4, 0.5) is 13.2 Å². The maximum Gasteiger partial charge on any atom is 0.416 e. The third-order valence-corrected chi connectivity index (χ3v) is 2.95. The highest BCUT2D eigenvalue weighted by Crippen LogP contribution is 2.33. The van der Waals surface area contributed by atoms with Gasteiger partial charge in [-0.3, -0.25) is 0 Å². The van der Waals surface area contributed by atoms with Crippen molar-refractivity contribution in [1.29, 1.82) is 0 Å². The molecule has 0 aromatic heterocycles. The molecule has 0 saturated heterocycles. The molecule has 0 fully saturated rings. The van der Waals surface area contributed by atoms with Crippen LogP contribution in [0.5, 0.6) is 0 Å². The summed E-state index contributed by atoms with van der Waals surface area (Å²) in [5.74, 6) is -1.25. The number of carboxylic acids is 1. The van der Waals surface area contributed by atoms with E-state index in [0.717, 1.165) is 12.1 Å². The fourth-order valence-corrected chi connectivity index (χ4v) is 1.98. The molecule has 0 aliphatic heterocycles. The summed E-state index contributed by atoms with van der Waals surface area (Å²) < 4.78 is 38.0. The summed E-state index contributed by atoms with van der Waals surface area (Å²) >= 11 is 5.71. The van der Waals surface area contributed by atoms with Crippen LogP contribution in [0.1, 0.15) is 15.9 Å². The molecule has 0 amide bonds. The summed E-state index contributed by atoms with van der Waals surface area (Å²) in [5.41, 5.74) is -0.611. The number of carbonyl (C=O) groups is 1. The van der Waals surface area contributed by atoms with E-state index in [2.05, 4.69) is 0 Å². The van der Waals surface area contributed by atoms with E-state index in [1.165, 1.54) is 30.3 Å². The van der Waals surface area contributed by atoms with Gasteiger partial charge in [-0.1, -0.05) is 29.8 Å². The van der Waals surface area contributed by atoms with Crippen LogP contribution in [0.2, 0.25) is 5.02 Å². The molecule has 0 saturated carbocycles. The van der Waals surface area contributed by atoms with Crippen LogP contribution in [-0.4, -0.2) is 11.1 Å². The highest BCUT2D eigenvalue weighted by atomic mass is 35.5. The fraction of sp³-hybridized carbons (Fsp3) is 0.0714. The Balaban J connectivity index is 2.60. The van der Waals surface area contributed by atoms with E-state index in [1.54, 1.807) is 0 Å². The molecule has 20 heavy (non-hydrogen) atoms. The van der Waals surface area contributed by atoms with Gasteiger partial charge in [-0.05, 0) is 35.4 Å². The molecule has 0 radical (unpaired) electrons. The molecule has 104 valence electrons. The highest BCUT2D eigenvalue weighted by molar-refractivity contribution is 6.31. The van der Waals surface area contributed by atoms with E-state index < -0.39 is 17.7 Å². The van der Waals surface area contributed by atoms with Crippen molar-refractivity contribution in [1.82, 2.24) is 0 Å². The summed E-state index contributed by atoms with van der Waals surface area (Å²) in [4.78, 5) is 11.1. The van der Waals surface area contributed by atoms with Gasteiger partial charge < -0.3 is 5.11 Å². The summed E-state index contributed by atoms with van der Waals surface area (Å²) in [6.07, 6.45) is -4.48. The summed E-state index contributed by atoms with van der Waals surface area (Å²) in [6.45, 7) is 0. The Labute approximate surface area is 117 Å². The molecule has 0 spiro atoms. The molecule has 0 aliphatic rings. The molecule has 0 atom stereocenters. The van der Waals surface area contributed by atoms with Gasteiger partial charge in [0.05, 0.1) is 11.1 Å². The normalized spacial score (nSPS) is 11.4. The number of halogens is 4. The Morgan fingerprint density at radius 1 is 1.10 bits per heavy atom. The smallest absolute Gasteiger partial charge is 0.416 e. The van der Waals surface area contributed by atoms with Crippen LogP contribution in [0.3, 0.4) is 0 Å². The molecule has 1 N–H and O–H groups in total. The monoisotopic (exact) mass is 300 g/mol. The zero-order valence-corrected chi connectivity index (χ0v) is 10.7. The van der Waals surface area contributed by atoms with Crippen molar-refractivity contribution in [2.75, 3.05) is 0 Å². The number of alkyl halides is 3. The lowest BCUT2D eigenvalue weighted by molar-refractivity contribution is -0.137. The maximum absolute atomic E-state index is 12.7. The number of aromatic carboxylic acids is 1. The van der Waals surface area contributed by atoms with Crippen molar-refractivity contribution in [3.8, 4) is 11.1 Å². The van der Waals surface area contributed by atoms with Gasteiger partial charge in [0.25, 0.3) is 0 Å². The number of hydrogen-bond acceptors (Lipinski definition) is 1. The van der Waals surface area contributed by atoms with Crippen LogP contribution < -0.4 is 0 Å². The minimum absolute atomic E-state index is 0.142. The molecule has 0 aliphatic carbocycles. The number of hydrogen-bond donors (Lipinski definition) is 1. The van der Waals surface area contributed by atoms with Gasteiger partial charge in [-0.15, -0.1) is 0 Å². The Hall–Kier alpha value is -2.01. The predicted molar refractivity (Wildman–Crippen MR) is 68.8 cm³/mol. The van der Waals surface area contributed by atoms with Crippen LogP contribution in [-0.2, 0) is 6.18 Å². The first kappa shape index (κ1) is 14.4. The molecule has 2 aromatic rings. The second-order valence-corrected chi connectivity index (χ2v) is 4.51. The predicted octanol–water partition coefficient (Wildman–Crippen LogP) is 4.72. The summed E-state index contributed by atoms with van der Waals surface area (Å²) in [7, 11) is 0. The number of benzene rings is 2. The van der Waals surface area contributed by atoms with Gasteiger partial charge in [0.2, 0.25) is 0 Å². The zero-order chi connectivity index (χ0) is 14.9. The second kappa shape index (κ2) is 5.17. The third-order valence-electron chi connectivity index (χ3n) is 2.71. The SMILES string of the molecule is O=C(O)c1cc(Cl)ccc1-c1cccc(C(F)(F)F)c1. The Morgan fingerprint density at radius 3 is 2.40 bits per heavy atom. The molecular formula is C14H8ClF3O2. The second-order valence-electron chi connectivity index (χ2n) is 4.07. The van der Waals surface area contributed by atoms with Gasteiger partial charge in [0, 0.05) is 5.02 Å². The van der Waals surface area contributed by atoms with Crippen LogP contribution in [0.25, 0.3) is 11.1 Å². The van der Waals surface area contributed by atoms with E-state index in [4.69, 9.17) is 16.7 Å². The molecule has 2 nitrogen and oxygen atoms in total. The maximum atomic E-state index is 12.7. The van der Waals surface area contributed by atoms with Crippen molar-refractivity contribution >= 4 is 17.6 Å². The zero-order valence-electron chi connectivity index (χ0n) is 9.91. The molecule has 0 bridgehead atoms. The van der Waals surface area contributed by atoms with Crippen molar-refractivity contribution in [2.24, 2.45) is 0 Å².